The van der Waals surface area contributed by atoms with Gasteiger partial charge in [-0.15, -0.1) is 0 Å². The fraction of sp³-hybridized carbons (Fsp3) is 0.615. The van der Waals surface area contributed by atoms with E-state index in [1.807, 2.05) is 0 Å². The number of pyridine rings is 1. The lowest BCUT2D eigenvalue weighted by atomic mass is 10.0. The molecule has 1 fully saturated rings. The molecule has 20 heavy (non-hydrogen) atoms. The van der Waals surface area contributed by atoms with Crippen molar-refractivity contribution in [1.29, 1.82) is 0 Å². The summed E-state index contributed by atoms with van der Waals surface area (Å²) in [6.45, 7) is 1.37. The van der Waals surface area contributed by atoms with Crippen LogP contribution in [0.5, 0.6) is 5.88 Å². The first-order valence-electron chi connectivity index (χ1n) is 6.52. The van der Waals surface area contributed by atoms with E-state index in [1.165, 1.54) is 19.2 Å². The molecule has 7 heteroatoms. The van der Waals surface area contributed by atoms with Gasteiger partial charge in [0.1, 0.15) is 0 Å². The fourth-order valence-corrected chi connectivity index (χ4v) is 2.11. The molecule has 0 bridgehead atoms. The monoisotopic (exact) mass is 281 g/mol. The van der Waals surface area contributed by atoms with Crippen LogP contribution in [-0.2, 0) is 4.74 Å². The highest BCUT2D eigenvalue weighted by Gasteiger charge is 2.42. The second kappa shape index (κ2) is 6.04. The number of nitrogens with one attached hydrogen (secondary N) is 1. The average molecular weight is 281 g/mol. The van der Waals surface area contributed by atoms with Crippen LogP contribution >= 0.6 is 0 Å². The Bertz CT molecular complexity index is 489. The third-order valence-electron chi connectivity index (χ3n) is 3.68. The van der Waals surface area contributed by atoms with E-state index in [9.17, 15) is 10.1 Å². The number of aromatic nitrogens is 1. The molecule has 1 N–H and O–H groups in total. The summed E-state index contributed by atoms with van der Waals surface area (Å²) < 4.78 is 10.1. The molecule has 0 spiro atoms. The molecule has 1 aliphatic carbocycles. The molecule has 110 valence electrons. The maximum absolute atomic E-state index is 11.0. The Balaban J connectivity index is 2.06. The maximum atomic E-state index is 11.0. The Morgan fingerprint density at radius 3 is 2.75 bits per heavy atom. The third kappa shape index (κ3) is 3.36. The van der Waals surface area contributed by atoms with Crippen LogP contribution in [0.2, 0.25) is 0 Å². The first-order chi connectivity index (χ1) is 9.60. The molecule has 7 nitrogen and oxygen atoms in total. The van der Waals surface area contributed by atoms with Crippen LogP contribution in [0.4, 0.5) is 11.5 Å². The lowest BCUT2D eigenvalue weighted by Gasteiger charge is -2.16. The summed E-state index contributed by atoms with van der Waals surface area (Å²) in [6.07, 6.45) is 3.18. The summed E-state index contributed by atoms with van der Waals surface area (Å²) in [5, 5.41) is 14.1. The van der Waals surface area contributed by atoms with E-state index in [0.29, 0.717) is 19.0 Å². The number of hydrogen-bond acceptors (Lipinski definition) is 6. The molecule has 1 aliphatic rings. The molecule has 0 saturated heterocycles. The Morgan fingerprint density at radius 1 is 1.45 bits per heavy atom. The number of rotatable bonds is 8. The van der Waals surface area contributed by atoms with Gasteiger partial charge in [-0.1, -0.05) is 0 Å². The van der Waals surface area contributed by atoms with E-state index in [1.54, 1.807) is 7.11 Å². The zero-order chi connectivity index (χ0) is 14.6. The highest BCUT2D eigenvalue weighted by Crippen LogP contribution is 2.48. The number of nitro groups is 1. The van der Waals surface area contributed by atoms with Gasteiger partial charge in [-0.3, -0.25) is 10.1 Å². The normalized spacial score (nSPS) is 15.7. The molecule has 0 aromatic carbocycles. The Kier molecular flexibility index (Phi) is 4.39. The molecule has 0 atom stereocenters. The molecular formula is C13H19N3O4. The highest BCUT2D eigenvalue weighted by atomic mass is 16.6. The zero-order valence-corrected chi connectivity index (χ0v) is 11.7. The molecule has 1 aromatic rings. The molecule has 0 radical (unpaired) electrons. The Morgan fingerprint density at radius 2 is 2.20 bits per heavy atom. The van der Waals surface area contributed by atoms with Crippen molar-refractivity contribution in [2.45, 2.75) is 19.3 Å². The van der Waals surface area contributed by atoms with E-state index in [4.69, 9.17) is 9.47 Å². The Labute approximate surface area is 117 Å². The van der Waals surface area contributed by atoms with E-state index in [2.05, 4.69) is 10.3 Å². The topological polar surface area (TPSA) is 86.5 Å². The van der Waals surface area contributed by atoms with E-state index in [-0.39, 0.29) is 16.9 Å². The number of methoxy groups -OCH3 is 2. The third-order valence-corrected chi connectivity index (χ3v) is 3.68. The van der Waals surface area contributed by atoms with Gasteiger partial charge in [0, 0.05) is 32.4 Å². The van der Waals surface area contributed by atoms with E-state index < -0.39 is 4.92 Å². The molecule has 0 unspecified atom stereocenters. The van der Waals surface area contributed by atoms with Crippen LogP contribution in [0.3, 0.4) is 0 Å². The summed E-state index contributed by atoms with van der Waals surface area (Å²) in [7, 11) is 3.16. The first kappa shape index (κ1) is 14.5. The highest BCUT2D eigenvalue weighted by molar-refractivity contribution is 5.57. The fourth-order valence-electron chi connectivity index (χ4n) is 2.11. The molecule has 0 amide bonds. The predicted octanol–water partition coefficient (Wildman–Crippen LogP) is 2.23. The summed E-state index contributed by atoms with van der Waals surface area (Å²) in [6, 6.07) is 2.89. The summed E-state index contributed by atoms with van der Waals surface area (Å²) in [4.78, 5) is 14.7. The molecular weight excluding hydrogens is 262 g/mol. The second-order valence-electron chi connectivity index (χ2n) is 5.07. The van der Waals surface area contributed by atoms with Gasteiger partial charge in [0.15, 0.2) is 0 Å². The standard InChI is InChI=1S/C13H19N3O4/c1-19-8-7-13(5-6-13)9-14-12-10(16(17)18)3-4-11(15-12)20-2/h3-4H,5-9H2,1-2H3,(H,14,15). The van der Waals surface area contributed by atoms with Crippen molar-refractivity contribution < 1.29 is 14.4 Å². The van der Waals surface area contributed by atoms with Crippen LogP contribution < -0.4 is 10.1 Å². The lowest BCUT2D eigenvalue weighted by Crippen LogP contribution is -2.18. The number of anilines is 1. The van der Waals surface area contributed by atoms with Crippen molar-refractivity contribution in [1.82, 2.24) is 4.98 Å². The second-order valence-corrected chi connectivity index (χ2v) is 5.07. The summed E-state index contributed by atoms with van der Waals surface area (Å²) >= 11 is 0. The molecule has 1 saturated carbocycles. The predicted molar refractivity (Wildman–Crippen MR) is 74.1 cm³/mol. The minimum absolute atomic E-state index is 0.0339. The largest absolute Gasteiger partial charge is 0.481 e. The van der Waals surface area contributed by atoms with Crippen molar-refractivity contribution in [3.63, 3.8) is 0 Å². The molecule has 1 aromatic heterocycles. The van der Waals surface area contributed by atoms with Crippen LogP contribution in [-0.4, -0.2) is 37.3 Å². The van der Waals surface area contributed by atoms with Gasteiger partial charge in [0.25, 0.3) is 0 Å². The van der Waals surface area contributed by atoms with Crippen molar-refractivity contribution >= 4 is 11.5 Å². The van der Waals surface area contributed by atoms with Gasteiger partial charge >= 0.3 is 5.69 Å². The Hall–Kier alpha value is -1.89. The van der Waals surface area contributed by atoms with Gasteiger partial charge in [-0.05, 0) is 24.7 Å². The summed E-state index contributed by atoms with van der Waals surface area (Å²) in [5.74, 6) is 0.623. The minimum atomic E-state index is -0.441. The molecule has 1 heterocycles. The van der Waals surface area contributed by atoms with Crippen LogP contribution in [0.25, 0.3) is 0 Å². The van der Waals surface area contributed by atoms with Crippen molar-refractivity contribution in [3.05, 3.63) is 22.2 Å². The number of nitrogens with zero attached hydrogens (tertiary/aromatic N) is 2. The van der Waals surface area contributed by atoms with Gasteiger partial charge < -0.3 is 14.8 Å². The van der Waals surface area contributed by atoms with Gasteiger partial charge in [0.2, 0.25) is 11.7 Å². The van der Waals surface area contributed by atoms with E-state index >= 15 is 0 Å². The smallest absolute Gasteiger partial charge is 0.311 e. The minimum Gasteiger partial charge on any atom is -0.481 e. The van der Waals surface area contributed by atoms with Gasteiger partial charge in [-0.25, -0.2) is 0 Å². The van der Waals surface area contributed by atoms with Crippen LogP contribution in [0.1, 0.15) is 19.3 Å². The SMILES string of the molecule is COCCC1(CNc2nc(OC)ccc2[N+](=O)[O-])CC1. The quantitative estimate of drug-likeness (QED) is 0.581. The van der Waals surface area contributed by atoms with Crippen molar-refractivity contribution in [2.24, 2.45) is 5.41 Å². The van der Waals surface area contributed by atoms with Crippen LogP contribution in [0, 0.1) is 15.5 Å². The van der Waals surface area contributed by atoms with Crippen molar-refractivity contribution in [2.75, 3.05) is 32.7 Å². The van der Waals surface area contributed by atoms with Gasteiger partial charge in [0.05, 0.1) is 12.0 Å². The molecule has 0 aliphatic heterocycles. The van der Waals surface area contributed by atoms with E-state index in [0.717, 1.165) is 19.3 Å². The van der Waals surface area contributed by atoms with Gasteiger partial charge in [-0.2, -0.15) is 4.98 Å². The average Bonchev–Trinajstić information content (AvgIpc) is 3.23. The first-order valence-corrected chi connectivity index (χ1v) is 6.52. The lowest BCUT2D eigenvalue weighted by molar-refractivity contribution is -0.384. The maximum Gasteiger partial charge on any atom is 0.311 e. The van der Waals surface area contributed by atoms with Crippen molar-refractivity contribution in [3.8, 4) is 5.88 Å². The zero-order valence-electron chi connectivity index (χ0n) is 11.7. The van der Waals surface area contributed by atoms with Crippen LogP contribution in [0.15, 0.2) is 12.1 Å². The number of ether oxygens (including phenoxy) is 2. The number of hydrogen-bond donors (Lipinski definition) is 1. The molecule has 2 rings (SSSR count). The summed E-state index contributed by atoms with van der Waals surface area (Å²) in [5.41, 5.74) is 0.155.